The van der Waals surface area contributed by atoms with Gasteiger partial charge in [-0.2, -0.15) is 13.2 Å². The van der Waals surface area contributed by atoms with E-state index in [-0.39, 0.29) is 0 Å². The van der Waals surface area contributed by atoms with Crippen LogP contribution in [0.25, 0.3) is 6.08 Å². The van der Waals surface area contributed by atoms with Crippen LogP contribution in [0.5, 0.6) is 0 Å². The van der Waals surface area contributed by atoms with Gasteiger partial charge in [0.2, 0.25) is 5.91 Å². The van der Waals surface area contributed by atoms with Crippen molar-refractivity contribution in [2.75, 3.05) is 19.7 Å². The predicted octanol–water partition coefficient (Wildman–Crippen LogP) is 2.22. The first kappa shape index (κ1) is 16.2. The molecule has 0 bridgehead atoms. The monoisotopic (exact) mass is 291 g/mol. The maximum atomic E-state index is 12.6. The van der Waals surface area contributed by atoms with E-state index in [1.165, 1.54) is 30.3 Å². The van der Waals surface area contributed by atoms with E-state index in [4.69, 9.17) is 5.11 Å². The number of amides is 1. The van der Waals surface area contributed by atoms with Gasteiger partial charge in [0.25, 0.3) is 0 Å². The number of carbonyl (C=O) groups is 1. The van der Waals surface area contributed by atoms with Gasteiger partial charge < -0.3 is 10.0 Å². The van der Waals surface area contributed by atoms with Crippen LogP contribution in [0.2, 0.25) is 0 Å². The molecular weight excluding hydrogens is 278 g/mol. The van der Waals surface area contributed by atoms with Gasteiger partial charge in [-0.05, 0) is 23.8 Å². The minimum absolute atomic E-state index is 0.411. The lowest BCUT2D eigenvalue weighted by Gasteiger charge is -2.21. The van der Waals surface area contributed by atoms with Crippen LogP contribution in [0.15, 0.2) is 30.3 Å². The zero-order valence-corrected chi connectivity index (χ0v) is 10.4. The van der Waals surface area contributed by atoms with E-state index in [0.717, 1.165) is 6.08 Å². The number of aliphatic hydroxyl groups is 1. The molecule has 1 aromatic rings. The van der Waals surface area contributed by atoms with Crippen molar-refractivity contribution in [3.63, 3.8) is 0 Å². The molecule has 0 saturated heterocycles. The van der Waals surface area contributed by atoms with E-state index < -0.39 is 37.6 Å². The molecule has 7 heteroatoms. The molecule has 0 aliphatic carbocycles. The number of nitrogens with zero attached hydrogens (tertiary/aromatic N) is 1. The Bertz CT molecular complexity index is 468. The Morgan fingerprint density at radius 3 is 2.35 bits per heavy atom. The summed E-state index contributed by atoms with van der Waals surface area (Å²) < 4.78 is 49.4. The molecule has 0 aliphatic heterocycles. The van der Waals surface area contributed by atoms with E-state index in [9.17, 15) is 22.4 Å². The SMILES string of the molecule is O=C(/C=C/c1ccc(F)cc1)N(CCO)CC(F)(F)F. The Morgan fingerprint density at radius 1 is 1.25 bits per heavy atom. The van der Waals surface area contributed by atoms with Gasteiger partial charge in [-0.15, -0.1) is 0 Å². The maximum absolute atomic E-state index is 12.6. The summed E-state index contributed by atoms with van der Waals surface area (Å²) in [5.74, 6) is -1.33. The molecule has 1 N–H and O–H groups in total. The standard InChI is InChI=1S/C13H13F4NO2/c14-11-4-1-10(2-5-11)3-6-12(20)18(7-8-19)9-13(15,16)17/h1-6,19H,7-9H2/b6-3+. The van der Waals surface area contributed by atoms with Crippen molar-refractivity contribution in [2.45, 2.75) is 6.18 Å². The average molecular weight is 291 g/mol. The lowest BCUT2D eigenvalue weighted by atomic mass is 10.2. The highest BCUT2D eigenvalue weighted by molar-refractivity contribution is 5.91. The highest BCUT2D eigenvalue weighted by Gasteiger charge is 2.32. The van der Waals surface area contributed by atoms with E-state index in [2.05, 4.69) is 0 Å². The first-order chi connectivity index (χ1) is 9.31. The van der Waals surface area contributed by atoms with Gasteiger partial charge in [-0.3, -0.25) is 4.79 Å². The van der Waals surface area contributed by atoms with Gasteiger partial charge in [-0.25, -0.2) is 4.39 Å². The molecule has 0 fully saturated rings. The number of rotatable bonds is 5. The molecule has 1 rings (SSSR count). The van der Waals surface area contributed by atoms with Crippen LogP contribution in [0, 0.1) is 5.82 Å². The largest absolute Gasteiger partial charge is 0.406 e. The molecule has 0 heterocycles. The summed E-state index contributed by atoms with van der Waals surface area (Å²) in [5.41, 5.74) is 0.482. The van der Waals surface area contributed by atoms with Crippen LogP contribution in [0.1, 0.15) is 5.56 Å². The molecular formula is C13H13F4NO2. The summed E-state index contributed by atoms with van der Waals surface area (Å²) in [7, 11) is 0. The second kappa shape index (κ2) is 7.04. The van der Waals surface area contributed by atoms with Gasteiger partial charge in [0.15, 0.2) is 0 Å². The highest BCUT2D eigenvalue weighted by Crippen LogP contribution is 2.16. The summed E-state index contributed by atoms with van der Waals surface area (Å²) in [6.45, 7) is -2.40. The summed E-state index contributed by atoms with van der Waals surface area (Å²) in [6, 6.07) is 5.12. The second-order valence-corrected chi connectivity index (χ2v) is 3.98. The number of benzene rings is 1. The smallest absolute Gasteiger partial charge is 0.395 e. The summed E-state index contributed by atoms with van der Waals surface area (Å²) >= 11 is 0. The summed E-state index contributed by atoms with van der Waals surface area (Å²) in [4.78, 5) is 12.1. The lowest BCUT2D eigenvalue weighted by Crippen LogP contribution is -2.39. The third-order valence-corrected chi connectivity index (χ3v) is 2.34. The fourth-order valence-corrected chi connectivity index (χ4v) is 1.45. The number of halogens is 4. The van der Waals surface area contributed by atoms with Crippen LogP contribution in [-0.4, -0.2) is 41.8 Å². The van der Waals surface area contributed by atoms with Crippen LogP contribution >= 0.6 is 0 Å². The molecule has 0 aromatic heterocycles. The summed E-state index contributed by atoms with van der Waals surface area (Å²) in [5, 5.41) is 8.67. The van der Waals surface area contributed by atoms with Gasteiger partial charge in [0.1, 0.15) is 12.4 Å². The maximum Gasteiger partial charge on any atom is 0.406 e. The minimum atomic E-state index is -4.53. The minimum Gasteiger partial charge on any atom is -0.395 e. The van der Waals surface area contributed by atoms with Crippen LogP contribution in [0.4, 0.5) is 17.6 Å². The Labute approximate surface area is 113 Å². The molecule has 0 saturated carbocycles. The number of carbonyl (C=O) groups excluding carboxylic acids is 1. The van der Waals surface area contributed by atoms with Gasteiger partial charge in [0, 0.05) is 12.6 Å². The Hall–Kier alpha value is -1.89. The average Bonchev–Trinajstić information content (AvgIpc) is 2.35. The molecule has 20 heavy (non-hydrogen) atoms. The lowest BCUT2D eigenvalue weighted by molar-refractivity contribution is -0.158. The number of alkyl halides is 3. The van der Waals surface area contributed by atoms with Gasteiger partial charge in [0.05, 0.1) is 6.61 Å². The van der Waals surface area contributed by atoms with Crippen molar-refractivity contribution >= 4 is 12.0 Å². The van der Waals surface area contributed by atoms with Gasteiger partial charge >= 0.3 is 6.18 Å². The number of hydrogen-bond acceptors (Lipinski definition) is 2. The Balaban J connectivity index is 2.72. The molecule has 3 nitrogen and oxygen atoms in total. The van der Waals surface area contributed by atoms with E-state index >= 15 is 0 Å². The molecule has 0 spiro atoms. The molecule has 0 unspecified atom stereocenters. The van der Waals surface area contributed by atoms with Crippen LogP contribution in [0.3, 0.4) is 0 Å². The molecule has 1 aromatic carbocycles. The Kier molecular flexibility index (Phi) is 5.69. The predicted molar refractivity (Wildman–Crippen MR) is 65.2 cm³/mol. The van der Waals surface area contributed by atoms with E-state index in [1.54, 1.807) is 0 Å². The van der Waals surface area contributed by atoms with Crippen molar-refractivity contribution in [3.05, 3.63) is 41.7 Å². The molecule has 110 valence electrons. The van der Waals surface area contributed by atoms with E-state index in [1.807, 2.05) is 0 Å². The zero-order chi connectivity index (χ0) is 15.2. The molecule has 1 amide bonds. The van der Waals surface area contributed by atoms with Crippen LogP contribution < -0.4 is 0 Å². The molecule has 0 radical (unpaired) electrons. The third-order valence-electron chi connectivity index (χ3n) is 2.34. The molecule has 0 atom stereocenters. The third kappa shape index (κ3) is 5.83. The van der Waals surface area contributed by atoms with E-state index in [0.29, 0.717) is 10.5 Å². The van der Waals surface area contributed by atoms with Crippen molar-refractivity contribution in [1.29, 1.82) is 0 Å². The van der Waals surface area contributed by atoms with Crippen molar-refractivity contribution in [3.8, 4) is 0 Å². The molecule has 0 aliphatic rings. The normalized spacial score (nSPS) is 11.8. The Morgan fingerprint density at radius 2 is 1.85 bits per heavy atom. The van der Waals surface area contributed by atoms with Crippen molar-refractivity contribution in [1.82, 2.24) is 4.90 Å². The summed E-state index contributed by atoms with van der Waals surface area (Å²) in [6.07, 6.45) is -2.30. The van der Waals surface area contributed by atoms with Crippen molar-refractivity contribution in [2.24, 2.45) is 0 Å². The van der Waals surface area contributed by atoms with Gasteiger partial charge in [-0.1, -0.05) is 12.1 Å². The highest BCUT2D eigenvalue weighted by atomic mass is 19.4. The fourth-order valence-electron chi connectivity index (χ4n) is 1.45. The quantitative estimate of drug-likeness (QED) is 0.667. The first-order valence-corrected chi connectivity index (χ1v) is 5.72. The zero-order valence-electron chi connectivity index (χ0n) is 10.4. The number of hydrogen-bond donors (Lipinski definition) is 1. The van der Waals surface area contributed by atoms with Crippen LogP contribution in [-0.2, 0) is 4.79 Å². The number of aliphatic hydroxyl groups excluding tert-OH is 1. The first-order valence-electron chi connectivity index (χ1n) is 5.72. The van der Waals surface area contributed by atoms with Crippen molar-refractivity contribution < 1.29 is 27.5 Å². The second-order valence-electron chi connectivity index (χ2n) is 3.98. The fraction of sp³-hybridized carbons (Fsp3) is 0.308. The topological polar surface area (TPSA) is 40.5 Å².